The predicted octanol–water partition coefficient (Wildman–Crippen LogP) is 1.52. The van der Waals surface area contributed by atoms with Gasteiger partial charge in [0.1, 0.15) is 0 Å². The highest BCUT2D eigenvalue weighted by molar-refractivity contribution is 7.98. The maximum Gasteiger partial charge on any atom is 0.335 e. The molecule has 0 aliphatic carbocycles. The molecule has 2 rings (SSSR count). The van der Waals surface area contributed by atoms with E-state index in [4.69, 9.17) is 0 Å². The van der Waals surface area contributed by atoms with Crippen molar-refractivity contribution in [1.29, 1.82) is 0 Å². The van der Waals surface area contributed by atoms with Gasteiger partial charge in [-0.25, -0.2) is 9.36 Å². The number of aromatic nitrogens is 2. The maximum atomic E-state index is 11.8. The van der Waals surface area contributed by atoms with E-state index in [0.29, 0.717) is 12.1 Å². The van der Waals surface area contributed by atoms with E-state index in [-0.39, 0.29) is 11.4 Å². The molecular formula is C13H14N2O3S. The Balaban J connectivity index is 2.67. The zero-order valence-electron chi connectivity index (χ0n) is 10.6. The van der Waals surface area contributed by atoms with Crippen LogP contribution in [0.5, 0.6) is 5.88 Å². The summed E-state index contributed by atoms with van der Waals surface area (Å²) in [7, 11) is 0. The minimum atomic E-state index is -0.642. The van der Waals surface area contributed by atoms with Gasteiger partial charge in [0.15, 0.2) is 0 Å². The van der Waals surface area contributed by atoms with Crippen LogP contribution < -0.4 is 11.2 Å². The molecule has 2 aromatic rings. The van der Waals surface area contributed by atoms with Gasteiger partial charge < -0.3 is 5.11 Å². The molecule has 100 valence electrons. The van der Waals surface area contributed by atoms with Gasteiger partial charge in [0.05, 0.1) is 11.3 Å². The van der Waals surface area contributed by atoms with Crippen molar-refractivity contribution in [2.75, 3.05) is 6.26 Å². The monoisotopic (exact) mass is 278 g/mol. The van der Waals surface area contributed by atoms with Gasteiger partial charge in [-0.2, -0.15) is 0 Å². The van der Waals surface area contributed by atoms with Gasteiger partial charge in [-0.3, -0.25) is 9.78 Å². The maximum absolute atomic E-state index is 11.8. The fraction of sp³-hybridized carbons (Fsp3) is 0.231. The van der Waals surface area contributed by atoms with Crippen molar-refractivity contribution in [2.45, 2.75) is 18.2 Å². The molecule has 0 saturated heterocycles. The molecule has 0 atom stereocenters. The highest BCUT2D eigenvalue weighted by atomic mass is 32.2. The first-order valence-electron chi connectivity index (χ1n) is 5.80. The number of nitrogens with zero attached hydrogens (tertiary/aromatic N) is 1. The Labute approximate surface area is 113 Å². The number of nitrogens with one attached hydrogen (secondary N) is 1. The number of benzene rings is 1. The Morgan fingerprint density at radius 3 is 2.42 bits per heavy atom. The number of aromatic amines is 1. The molecule has 6 heteroatoms. The summed E-state index contributed by atoms with van der Waals surface area (Å²) in [5.41, 5.74) is -0.460. The van der Waals surface area contributed by atoms with Crippen LogP contribution in [0, 0.1) is 0 Å². The molecule has 0 radical (unpaired) electrons. The van der Waals surface area contributed by atoms with Gasteiger partial charge in [-0.05, 0) is 36.9 Å². The molecule has 5 nitrogen and oxygen atoms in total. The van der Waals surface area contributed by atoms with Crippen LogP contribution in [-0.2, 0) is 6.42 Å². The molecule has 1 heterocycles. The lowest BCUT2D eigenvalue weighted by Crippen LogP contribution is -2.31. The van der Waals surface area contributed by atoms with Crippen LogP contribution in [-0.4, -0.2) is 20.9 Å². The molecule has 1 aromatic carbocycles. The fourth-order valence-corrected chi connectivity index (χ4v) is 2.26. The number of hydrogen-bond acceptors (Lipinski definition) is 4. The molecule has 0 aliphatic heterocycles. The van der Waals surface area contributed by atoms with E-state index in [2.05, 4.69) is 4.98 Å². The number of thioether (sulfide) groups is 1. The fourth-order valence-electron chi connectivity index (χ4n) is 1.85. The summed E-state index contributed by atoms with van der Waals surface area (Å²) >= 11 is 1.58. The van der Waals surface area contributed by atoms with E-state index in [1.165, 1.54) is 0 Å². The van der Waals surface area contributed by atoms with Crippen molar-refractivity contribution in [3.63, 3.8) is 0 Å². The third-order valence-electron chi connectivity index (χ3n) is 2.86. The van der Waals surface area contributed by atoms with Crippen LogP contribution in [0.25, 0.3) is 5.69 Å². The summed E-state index contributed by atoms with van der Waals surface area (Å²) in [6, 6.07) is 7.15. The standard InChI is InChI=1S/C13H14N2O3S/c1-3-10-11(16)14-13(18)15(12(10)17)8-4-6-9(19-2)7-5-8/h4-7,17H,3H2,1-2H3,(H,14,16,18). The highest BCUT2D eigenvalue weighted by Crippen LogP contribution is 2.20. The second kappa shape index (κ2) is 5.36. The normalized spacial score (nSPS) is 10.6. The highest BCUT2D eigenvalue weighted by Gasteiger charge is 2.13. The Hall–Kier alpha value is -1.95. The molecule has 0 saturated carbocycles. The van der Waals surface area contributed by atoms with Crippen molar-refractivity contribution in [1.82, 2.24) is 9.55 Å². The van der Waals surface area contributed by atoms with E-state index >= 15 is 0 Å². The summed E-state index contributed by atoms with van der Waals surface area (Å²) in [5.74, 6) is -0.298. The minimum Gasteiger partial charge on any atom is -0.494 e. The second-order valence-electron chi connectivity index (χ2n) is 3.95. The number of H-pyrrole nitrogens is 1. The van der Waals surface area contributed by atoms with Crippen LogP contribution in [0.4, 0.5) is 0 Å². The first kappa shape index (κ1) is 13.5. The largest absolute Gasteiger partial charge is 0.494 e. The lowest BCUT2D eigenvalue weighted by atomic mass is 10.2. The Morgan fingerprint density at radius 2 is 1.89 bits per heavy atom. The molecule has 0 unspecified atom stereocenters. The Morgan fingerprint density at radius 1 is 1.26 bits per heavy atom. The topological polar surface area (TPSA) is 75.1 Å². The van der Waals surface area contributed by atoms with E-state index in [0.717, 1.165) is 9.46 Å². The number of rotatable bonds is 3. The Bertz CT molecular complexity index is 701. The molecule has 0 aliphatic rings. The summed E-state index contributed by atoms with van der Waals surface area (Å²) in [6.45, 7) is 1.75. The average molecular weight is 278 g/mol. The summed E-state index contributed by atoms with van der Waals surface area (Å²) in [4.78, 5) is 26.6. The van der Waals surface area contributed by atoms with Crippen molar-refractivity contribution < 1.29 is 5.11 Å². The van der Waals surface area contributed by atoms with Gasteiger partial charge >= 0.3 is 5.69 Å². The Kier molecular flexibility index (Phi) is 3.80. The number of aromatic hydroxyl groups is 1. The first-order chi connectivity index (χ1) is 9.08. The van der Waals surface area contributed by atoms with Gasteiger partial charge in [0.2, 0.25) is 5.88 Å². The van der Waals surface area contributed by atoms with Crippen molar-refractivity contribution in [3.8, 4) is 11.6 Å². The minimum absolute atomic E-state index is 0.202. The lowest BCUT2D eigenvalue weighted by molar-refractivity contribution is 0.423. The van der Waals surface area contributed by atoms with Gasteiger partial charge in [0.25, 0.3) is 5.56 Å². The van der Waals surface area contributed by atoms with Crippen molar-refractivity contribution in [3.05, 3.63) is 50.7 Å². The molecule has 0 amide bonds. The summed E-state index contributed by atoms with van der Waals surface area (Å²) in [6.07, 6.45) is 2.30. The van der Waals surface area contributed by atoms with Crippen LogP contribution in [0.15, 0.2) is 38.8 Å². The van der Waals surface area contributed by atoms with Crippen molar-refractivity contribution >= 4 is 11.8 Å². The van der Waals surface area contributed by atoms with E-state index in [1.54, 1.807) is 30.8 Å². The molecule has 2 N–H and O–H groups in total. The first-order valence-corrected chi connectivity index (χ1v) is 7.02. The molecule has 0 spiro atoms. The van der Waals surface area contributed by atoms with Crippen LogP contribution in [0.2, 0.25) is 0 Å². The van der Waals surface area contributed by atoms with E-state index < -0.39 is 11.2 Å². The molecule has 0 fully saturated rings. The zero-order valence-corrected chi connectivity index (χ0v) is 11.5. The van der Waals surface area contributed by atoms with Gasteiger partial charge in [-0.15, -0.1) is 11.8 Å². The summed E-state index contributed by atoms with van der Waals surface area (Å²) in [5, 5.41) is 10.1. The number of hydrogen-bond donors (Lipinski definition) is 2. The van der Waals surface area contributed by atoms with E-state index in [9.17, 15) is 14.7 Å². The third-order valence-corrected chi connectivity index (χ3v) is 3.61. The third kappa shape index (κ3) is 2.44. The quantitative estimate of drug-likeness (QED) is 0.835. The molecule has 1 aromatic heterocycles. The van der Waals surface area contributed by atoms with Gasteiger partial charge in [0, 0.05) is 4.90 Å². The smallest absolute Gasteiger partial charge is 0.335 e. The molecule has 19 heavy (non-hydrogen) atoms. The molecular weight excluding hydrogens is 264 g/mol. The van der Waals surface area contributed by atoms with Crippen LogP contribution >= 0.6 is 11.8 Å². The lowest BCUT2D eigenvalue weighted by Gasteiger charge is -2.10. The summed E-state index contributed by atoms with van der Waals surface area (Å²) < 4.78 is 1.10. The van der Waals surface area contributed by atoms with Crippen LogP contribution in [0.3, 0.4) is 0 Å². The molecule has 0 bridgehead atoms. The van der Waals surface area contributed by atoms with E-state index in [1.807, 2.05) is 18.4 Å². The predicted molar refractivity (Wildman–Crippen MR) is 75.5 cm³/mol. The van der Waals surface area contributed by atoms with Crippen LogP contribution in [0.1, 0.15) is 12.5 Å². The van der Waals surface area contributed by atoms with Gasteiger partial charge in [-0.1, -0.05) is 6.92 Å². The SMILES string of the molecule is CCc1c(O)n(-c2ccc(SC)cc2)c(=O)[nH]c1=O. The second-order valence-corrected chi connectivity index (χ2v) is 4.83. The van der Waals surface area contributed by atoms with Crippen molar-refractivity contribution in [2.24, 2.45) is 0 Å². The zero-order chi connectivity index (χ0) is 14.0. The average Bonchev–Trinajstić information content (AvgIpc) is 2.39.